The third kappa shape index (κ3) is 5.23. The fourth-order valence-corrected chi connectivity index (χ4v) is 1.85. The maximum Gasteiger partial charge on any atom is 0.335 e. The number of thioether (sulfide) groups is 1. The minimum Gasteiger partial charge on any atom is -0.478 e. The van der Waals surface area contributed by atoms with Crippen molar-refractivity contribution in [3.63, 3.8) is 0 Å². The quantitative estimate of drug-likeness (QED) is 0.828. The second-order valence-electron chi connectivity index (χ2n) is 4.14. The number of rotatable bonds is 6. The molecule has 0 heterocycles. The molecule has 0 spiro atoms. The van der Waals surface area contributed by atoms with Gasteiger partial charge in [-0.2, -0.15) is 0 Å². The Morgan fingerprint density at radius 1 is 1.28 bits per heavy atom. The molecule has 1 aromatic rings. The Labute approximate surface area is 111 Å². The van der Waals surface area contributed by atoms with Crippen LogP contribution in [0.3, 0.4) is 0 Å². The second kappa shape index (κ2) is 7.06. The molecule has 1 rings (SSSR count). The second-order valence-corrected chi connectivity index (χ2v) is 5.70. The summed E-state index contributed by atoms with van der Waals surface area (Å²) in [5.41, 5.74) is 1.14. The fraction of sp³-hybridized carbons (Fsp3) is 0.385. The Morgan fingerprint density at radius 2 is 1.89 bits per heavy atom. The van der Waals surface area contributed by atoms with Crippen LogP contribution in [0.15, 0.2) is 24.3 Å². The minimum absolute atomic E-state index is 0.00369. The van der Waals surface area contributed by atoms with E-state index in [0.29, 0.717) is 17.5 Å². The van der Waals surface area contributed by atoms with Crippen molar-refractivity contribution >= 4 is 23.6 Å². The van der Waals surface area contributed by atoms with E-state index in [4.69, 9.17) is 5.11 Å². The molecule has 0 aliphatic rings. The van der Waals surface area contributed by atoms with Gasteiger partial charge in [-0.25, -0.2) is 4.79 Å². The van der Waals surface area contributed by atoms with Gasteiger partial charge in [0.25, 0.3) is 0 Å². The van der Waals surface area contributed by atoms with Gasteiger partial charge in [0.15, 0.2) is 0 Å². The van der Waals surface area contributed by atoms with Crippen LogP contribution in [-0.4, -0.2) is 28.0 Å². The Balaban J connectivity index is 2.39. The number of aromatic carboxylic acids is 1. The number of hydrogen-bond donors (Lipinski definition) is 2. The van der Waals surface area contributed by atoms with E-state index in [1.54, 1.807) is 23.9 Å². The molecule has 0 saturated carbocycles. The van der Waals surface area contributed by atoms with E-state index in [9.17, 15) is 9.59 Å². The molecule has 0 fully saturated rings. The molecule has 1 aromatic carbocycles. The standard InChI is InChI=1S/C13H17NO3S/c1-9(2)18-8-12(15)14-7-10-3-5-11(6-4-10)13(16)17/h3-6,9H,7-8H2,1-2H3,(H,14,15)(H,16,17). The Hall–Kier alpha value is -1.49. The summed E-state index contributed by atoms with van der Waals surface area (Å²) in [4.78, 5) is 22.1. The highest BCUT2D eigenvalue weighted by Gasteiger charge is 2.05. The summed E-state index contributed by atoms with van der Waals surface area (Å²) >= 11 is 1.59. The maximum atomic E-state index is 11.5. The van der Waals surface area contributed by atoms with Crippen LogP contribution in [0.4, 0.5) is 0 Å². The van der Waals surface area contributed by atoms with Gasteiger partial charge in [-0.05, 0) is 22.9 Å². The molecule has 0 saturated heterocycles. The summed E-state index contributed by atoms with van der Waals surface area (Å²) in [5, 5.41) is 12.0. The molecule has 0 unspecified atom stereocenters. The van der Waals surface area contributed by atoms with Crippen molar-refractivity contribution in [3.8, 4) is 0 Å². The van der Waals surface area contributed by atoms with Crippen molar-refractivity contribution in [2.24, 2.45) is 0 Å². The number of carboxylic acid groups (broad SMARTS) is 1. The van der Waals surface area contributed by atoms with Gasteiger partial charge in [-0.15, -0.1) is 11.8 Å². The van der Waals surface area contributed by atoms with Gasteiger partial charge in [0.2, 0.25) is 5.91 Å². The van der Waals surface area contributed by atoms with E-state index < -0.39 is 5.97 Å². The Bertz CT molecular complexity index is 415. The molecule has 4 nitrogen and oxygen atoms in total. The third-order valence-corrected chi connectivity index (χ3v) is 3.33. The predicted octanol–water partition coefficient (Wildman–Crippen LogP) is 2.14. The summed E-state index contributed by atoms with van der Waals surface area (Å²) < 4.78 is 0. The van der Waals surface area contributed by atoms with Gasteiger partial charge < -0.3 is 10.4 Å². The van der Waals surface area contributed by atoms with E-state index in [2.05, 4.69) is 5.32 Å². The third-order valence-electron chi connectivity index (χ3n) is 2.24. The molecule has 0 aliphatic heterocycles. The summed E-state index contributed by atoms with van der Waals surface area (Å²) in [5.74, 6) is -0.500. The predicted molar refractivity (Wildman–Crippen MR) is 72.8 cm³/mol. The number of hydrogen-bond acceptors (Lipinski definition) is 3. The summed E-state index contributed by atoms with van der Waals surface area (Å²) in [6.45, 7) is 4.52. The molecule has 0 aromatic heterocycles. The van der Waals surface area contributed by atoms with Crippen molar-refractivity contribution in [1.82, 2.24) is 5.32 Å². The lowest BCUT2D eigenvalue weighted by Gasteiger charge is -2.07. The number of benzene rings is 1. The highest BCUT2D eigenvalue weighted by atomic mass is 32.2. The number of amides is 1. The topological polar surface area (TPSA) is 66.4 Å². The van der Waals surface area contributed by atoms with Gasteiger partial charge >= 0.3 is 5.97 Å². The van der Waals surface area contributed by atoms with E-state index in [1.165, 1.54) is 12.1 Å². The maximum absolute atomic E-state index is 11.5. The average molecular weight is 267 g/mol. The summed E-state index contributed by atoms with van der Waals surface area (Å²) in [7, 11) is 0. The normalized spacial score (nSPS) is 10.4. The lowest BCUT2D eigenvalue weighted by molar-refractivity contribution is -0.118. The zero-order valence-corrected chi connectivity index (χ0v) is 11.3. The van der Waals surface area contributed by atoms with Crippen molar-refractivity contribution in [1.29, 1.82) is 0 Å². The number of carboxylic acids is 1. The number of nitrogens with one attached hydrogen (secondary N) is 1. The van der Waals surface area contributed by atoms with Crippen LogP contribution in [0.25, 0.3) is 0 Å². The molecule has 1 amide bonds. The van der Waals surface area contributed by atoms with E-state index in [1.807, 2.05) is 13.8 Å². The molecule has 0 radical (unpaired) electrons. The fourth-order valence-electron chi connectivity index (χ4n) is 1.26. The molecular weight excluding hydrogens is 250 g/mol. The lowest BCUT2D eigenvalue weighted by atomic mass is 10.1. The van der Waals surface area contributed by atoms with Gasteiger partial charge in [0.1, 0.15) is 0 Å². The first-order valence-corrected chi connectivity index (χ1v) is 6.74. The van der Waals surface area contributed by atoms with Crippen LogP contribution in [0.5, 0.6) is 0 Å². The Morgan fingerprint density at radius 3 is 2.39 bits per heavy atom. The van der Waals surface area contributed by atoms with Crippen LogP contribution in [0.2, 0.25) is 0 Å². The van der Waals surface area contributed by atoms with Crippen molar-refractivity contribution < 1.29 is 14.7 Å². The largest absolute Gasteiger partial charge is 0.478 e. The zero-order chi connectivity index (χ0) is 13.5. The number of carbonyl (C=O) groups is 2. The van der Waals surface area contributed by atoms with Crippen LogP contribution < -0.4 is 5.32 Å². The Kier molecular flexibility index (Phi) is 5.71. The first-order valence-electron chi connectivity index (χ1n) is 5.69. The zero-order valence-electron chi connectivity index (χ0n) is 10.5. The molecule has 0 atom stereocenters. The van der Waals surface area contributed by atoms with Crippen molar-refractivity contribution in [2.75, 3.05) is 5.75 Å². The lowest BCUT2D eigenvalue weighted by Crippen LogP contribution is -2.25. The van der Waals surface area contributed by atoms with E-state index >= 15 is 0 Å². The van der Waals surface area contributed by atoms with Crippen molar-refractivity contribution in [2.45, 2.75) is 25.6 Å². The van der Waals surface area contributed by atoms with Crippen LogP contribution in [-0.2, 0) is 11.3 Å². The van der Waals surface area contributed by atoms with Crippen LogP contribution >= 0.6 is 11.8 Å². The molecule has 98 valence electrons. The van der Waals surface area contributed by atoms with Gasteiger partial charge in [0, 0.05) is 6.54 Å². The van der Waals surface area contributed by atoms with Gasteiger partial charge in [-0.1, -0.05) is 26.0 Å². The number of carbonyl (C=O) groups excluding carboxylic acids is 1. The molecule has 0 aliphatic carbocycles. The van der Waals surface area contributed by atoms with Crippen LogP contribution in [0.1, 0.15) is 29.8 Å². The van der Waals surface area contributed by atoms with E-state index in [-0.39, 0.29) is 11.5 Å². The summed E-state index contributed by atoms with van der Waals surface area (Å²) in [6.07, 6.45) is 0. The molecular formula is C13H17NO3S. The average Bonchev–Trinajstić information content (AvgIpc) is 2.34. The SMILES string of the molecule is CC(C)SCC(=O)NCc1ccc(C(=O)O)cc1. The minimum atomic E-state index is -0.945. The van der Waals surface area contributed by atoms with Crippen LogP contribution in [0, 0.1) is 0 Å². The molecule has 5 heteroatoms. The smallest absolute Gasteiger partial charge is 0.335 e. The molecule has 0 bridgehead atoms. The molecule has 18 heavy (non-hydrogen) atoms. The first kappa shape index (κ1) is 14.6. The van der Waals surface area contributed by atoms with Crippen molar-refractivity contribution in [3.05, 3.63) is 35.4 Å². The first-order chi connectivity index (χ1) is 8.49. The monoisotopic (exact) mass is 267 g/mol. The summed E-state index contributed by atoms with van der Waals surface area (Å²) in [6, 6.07) is 6.48. The van der Waals surface area contributed by atoms with Gasteiger partial charge in [-0.3, -0.25) is 4.79 Å². The highest BCUT2D eigenvalue weighted by Crippen LogP contribution is 2.08. The molecule has 2 N–H and O–H groups in total. The highest BCUT2D eigenvalue weighted by molar-refractivity contribution is 8.00. The van der Waals surface area contributed by atoms with E-state index in [0.717, 1.165) is 5.56 Å². The van der Waals surface area contributed by atoms with Gasteiger partial charge in [0.05, 0.1) is 11.3 Å².